The van der Waals surface area contributed by atoms with Crippen molar-refractivity contribution in [3.05, 3.63) is 59.1 Å². The smallest absolute Gasteiger partial charge is 0.293 e. The lowest BCUT2D eigenvalue weighted by atomic mass is 9.95. The van der Waals surface area contributed by atoms with E-state index in [1.54, 1.807) is 28.6 Å². The van der Waals surface area contributed by atoms with Gasteiger partial charge >= 0.3 is 0 Å². The Morgan fingerprint density at radius 1 is 1.22 bits per heavy atom. The summed E-state index contributed by atoms with van der Waals surface area (Å²) in [4.78, 5) is 47.5. The van der Waals surface area contributed by atoms with E-state index in [9.17, 15) is 14.4 Å². The third-order valence-corrected chi connectivity index (χ3v) is 6.04. The molecule has 0 radical (unpaired) electrons. The number of nitrogens with one attached hydrogen (secondary N) is 2. The molecule has 0 atom stereocenters. The molecule has 32 heavy (non-hydrogen) atoms. The van der Waals surface area contributed by atoms with E-state index in [1.165, 1.54) is 17.6 Å². The van der Waals surface area contributed by atoms with Crippen molar-refractivity contribution in [1.82, 2.24) is 14.9 Å². The Labute approximate surface area is 188 Å². The molecule has 10 heteroatoms. The van der Waals surface area contributed by atoms with Crippen molar-refractivity contribution in [2.75, 3.05) is 23.7 Å². The van der Waals surface area contributed by atoms with Gasteiger partial charge in [0.25, 0.3) is 5.91 Å². The van der Waals surface area contributed by atoms with E-state index in [1.807, 2.05) is 19.1 Å². The lowest BCUT2D eigenvalue weighted by molar-refractivity contribution is -0.133. The van der Waals surface area contributed by atoms with Gasteiger partial charge in [0.2, 0.25) is 11.8 Å². The first-order valence-corrected chi connectivity index (χ1v) is 11.2. The molecule has 4 rings (SSSR count). The van der Waals surface area contributed by atoms with E-state index in [0.29, 0.717) is 42.6 Å². The van der Waals surface area contributed by atoms with Gasteiger partial charge in [-0.05, 0) is 49.6 Å². The van der Waals surface area contributed by atoms with Gasteiger partial charge in [-0.2, -0.15) is 0 Å². The van der Waals surface area contributed by atoms with E-state index in [0.717, 1.165) is 5.56 Å². The SMILES string of the molecule is Cc1ccnc(NC(=O)C2CCN(C(=O)Cc3csc(NC(=O)c4ccco4)n3)CC2)c1. The molecule has 166 valence electrons. The Bertz CT molecular complexity index is 1100. The summed E-state index contributed by atoms with van der Waals surface area (Å²) in [5.74, 6) is 0.104. The van der Waals surface area contributed by atoms with Crippen LogP contribution < -0.4 is 10.6 Å². The van der Waals surface area contributed by atoms with Crippen LogP contribution in [0.2, 0.25) is 0 Å². The fourth-order valence-electron chi connectivity index (χ4n) is 3.50. The highest BCUT2D eigenvalue weighted by Crippen LogP contribution is 2.22. The Kier molecular flexibility index (Phi) is 6.60. The summed E-state index contributed by atoms with van der Waals surface area (Å²) in [6, 6.07) is 6.90. The second kappa shape index (κ2) is 9.73. The number of piperidine rings is 1. The van der Waals surface area contributed by atoms with Crippen LogP contribution in [-0.2, 0) is 16.0 Å². The van der Waals surface area contributed by atoms with E-state index in [2.05, 4.69) is 20.6 Å². The molecule has 9 nitrogen and oxygen atoms in total. The van der Waals surface area contributed by atoms with Gasteiger partial charge in [0, 0.05) is 30.6 Å². The number of aromatic nitrogens is 2. The molecule has 1 aliphatic rings. The molecule has 0 unspecified atom stereocenters. The number of furan rings is 1. The van der Waals surface area contributed by atoms with Crippen molar-refractivity contribution in [1.29, 1.82) is 0 Å². The summed E-state index contributed by atoms with van der Waals surface area (Å²) < 4.78 is 5.05. The van der Waals surface area contributed by atoms with Gasteiger partial charge in [0.15, 0.2) is 10.9 Å². The maximum atomic E-state index is 12.7. The molecule has 1 aliphatic heterocycles. The third kappa shape index (κ3) is 5.38. The minimum atomic E-state index is -0.386. The van der Waals surface area contributed by atoms with Crippen LogP contribution in [0.4, 0.5) is 10.9 Å². The van der Waals surface area contributed by atoms with Crippen LogP contribution in [0.15, 0.2) is 46.5 Å². The van der Waals surface area contributed by atoms with Crippen LogP contribution in [0.1, 0.15) is 34.7 Å². The quantitative estimate of drug-likeness (QED) is 0.592. The van der Waals surface area contributed by atoms with Gasteiger partial charge in [-0.3, -0.25) is 19.7 Å². The van der Waals surface area contributed by atoms with Gasteiger partial charge in [0.1, 0.15) is 5.82 Å². The first kappa shape index (κ1) is 21.7. The second-order valence-corrected chi connectivity index (χ2v) is 8.47. The Morgan fingerprint density at radius 2 is 2.03 bits per heavy atom. The Hall–Kier alpha value is -3.53. The lowest BCUT2D eigenvalue weighted by Gasteiger charge is -2.31. The van der Waals surface area contributed by atoms with Crippen LogP contribution in [0.3, 0.4) is 0 Å². The second-order valence-electron chi connectivity index (χ2n) is 7.61. The molecule has 0 spiro atoms. The zero-order chi connectivity index (χ0) is 22.5. The molecule has 1 saturated heterocycles. The lowest BCUT2D eigenvalue weighted by Crippen LogP contribution is -2.42. The van der Waals surface area contributed by atoms with Crippen LogP contribution in [-0.4, -0.2) is 45.7 Å². The molecule has 1 fully saturated rings. The number of aryl methyl sites for hydroxylation is 1. The predicted molar refractivity (Wildman–Crippen MR) is 119 cm³/mol. The highest BCUT2D eigenvalue weighted by atomic mass is 32.1. The Balaban J connectivity index is 1.24. The standard InChI is InChI=1S/C22H23N5O4S/c1-14-4-7-23-18(11-14)25-20(29)15-5-8-27(9-6-15)19(28)12-16-13-32-22(24-16)26-21(30)17-3-2-10-31-17/h2-4,7,10-11,13,15H,5-6,8-9,12H2,1H3,(H,23,25,29)(H,24,26,30). The van der Waals surface area contributed by atoms with Crippen LogP contribution in [0.25, 0.3) is 0 Å². The predicted octanol–water partition coefficient (Wildman–Crippen LogP) is 3.11. The van der Waals surface area contributed by atoms with E-state index in [-0.39, 0.29) is 35.8 Å². The molecule has 3 aromatic rings. The Morgan fingerprint density at radius 3 is 2.75 bits per heavy atom. The number of thiazole rings is 1. The van der Waals surface area contributed by atoms with Gasteiger partial charge in [0.05, 0.1) is 18.4 Å². The van der Waals surface area contributed by atoms with Crippen LogP contribution >= 0.6 is 11.3 Å². The normalized spacial score (nSPS) is 14.2. The summed E-state index contributed by atoms with van der Waals surface area (Å²) in [6.07, 6.45) is 4.44. The molecule has 3 aromatic heterocycles. The zero-order valence-corrected chi connectivity index (χ0v) is 18.4. The van der Waals surface area contributed by atoms with Crippen molar-refractivity contribution >= 4 is 40.0 Å². The van der Waals surface area contributed by atoms with Crippen LogP contribution in [0.5, 0.6) is 0 Å². The maximum absolute atomic E-state index is 12.7. The molecule has 0 saturated carbocycles. The number of amides is 3. The van der Waals surface area contributed by atoms with E-state index in [4.69, 9.17) is 4.42 Å². The summed E-state index contributed by atoms with van der Waals surface area (Å²) in [5.41, 5.74) is 1.63. The highest BCUT2D eigenvalue weighted by Gasteiger charge is 2.28. The number of carbonyl (C=O) groups is 3. The molecular weight excluding hydrogens is 430 g/mol. The van der Waals surface area contributed by atoms with Gasteiger partial charge in [-0.1, -0.05) is 0 Å². The summed E-state index contributed by atoms with van der Waals surface area (Å²) in [5, 5.41) is 7.69. The van der Waals surface area contributed by atoms with Gasteiger partial charge in [-0.25, -0.2) is 9.97 Å². The number of hydrogen-bond acceptors (Lipinski definition) is 7. The van der Waals surface area contributed by atoms with Crippen molar-refractivity contribution in [2.24, 2.45) is 5.92 Å². The van der Waals surface area contributed by atoms with E-state index >= 15 is 0 Å². The fourth-order valence-corrected chi connectivity index (χ4v) is 4.21. The fraction of sp³-hybridized carbons (Fsp3) is 0.318. The average Bonchev–Trinajstić information content (AvgIpc) is 3.46. The highest BCUT2D eigenvalue weighted by molar-refractivity contribution is 7.14. The molecular formula is C22H23N5O4S. The maximum Gasteiger partial charge on any atom is 0.293 e. The number of carbonyl (C=O) groups excluding carboxylic acids is 3. The number of likely N-dealkylation sites (tertiary alicyclic amines) is 1. The number of nitrogens with zero attached hydrogens (tertiary/aromatic N) is 3. The first-order valence-electron chi connectivity index (χ1n) is 10.3. The molecule has 0 bridgehead atoms. The topological polar surface area (TPSA) is 117 Å². The molecule has 0 aromatic carbocycles. The average molecular weight is 454 g/mol. The van der Waals surface area contributed by atoms with Crippen molar-refractivity contribution in [2.45, 2.75) is 26.2 Å². The monoisotopic (exact) mass is 453 g/mol. The third-order valence-electron chi connectivity index (χ3n) is 5.23. The zero-order valence-electron chi connectivity index (χ0n) is 17.5. The number of rotatable bonds is 6. The van der Waals surface area contributed by atoms with Gasteiger partial charge < -0.3 is 14.6 Å². The first-order chi connectivity index (χ1) is 15.5. The molecule has 0 aliphatic carbocycles. The number of anilines is 2. The molecule has 2 N–H and O–H groups in total. The van der Waals surface area contributed by atoms with Crippen LogP contribution in [0, 0.1) is 12.8 Å². The summed E-state index contributed by atoms with van der Waals surface area (Å²) >= 11 is 1.26. The van der Waals surface area contributed by atoms with E-state index < -0.39 is 0 Å². The molecule has 4 heterocycles. The van der Waals surface area contributed by atoms with Gasteiger partial charge in [-0.15, -0.1) is 11.3 Å². The molecule has 3 amide bonds. The summed E-state index contributed by atoms with van der Waals surface area (Å²) in [6.45, 7) is 2.98. The minimum Gasteiger partial charge on any atom is -0.459 e. The number of hydrogen-bond donors (Lipinski definition) is 2. The largest absolute Gasteiger partial charge is 0.459 e. The van der Waals surface area contributed by atoms with Crippen molar-refractivity contribution in [3.63, 3.8) is 0 Å². The van der Waals surface area contributed by atoms with Crippen molar-refractivity contribution < 1.29 is 18.8 Å². The minimum absolute atomic E-state index is 0.0431. The van der Waals surface area contributed by atoms with Crippen molar-refractivity contribution in [3.8, 4) is 0 Å². The number of pyridine rings is 1. The summed E-state index contributed by atoms with van der Waals surface area (Å²) in [7, 11) is 0.